The summed E-state index contributed by atoms with van der Waals surface area (Å²) in [7, 11) is 1.58. The Labute approximate surface area is 246 Å². The number of likely N-dealkylation sites (N-methyl/N-ethyl adjacent to an activating group) is 1. The molecule has 2 aliphatic heterocycles. The van der Waals surface area contributed by atoms with Crippen molar-refractivity contribution in [2.45, 2.75) is 124 Å². The smallest absolute Gasteiger partial charge is 0.246 e. The van der Waals surface area contributed by atoms with E-state index >= 15 is 0 Å². The second kappa shape index (κ2) is 14.0. The number of nitrogens with one attached hydrogen (secondary N) is 2. The van der Waals surface area contributed by atoms with Crippen molar-refractivity contribution in [2.24, 2.45) is 23.5 Å². The largest absolute Gasteiger partial charge is 0.350 e. The number of carbonyl (C=O) groups is 5. The van der Waals surface area contributed by atoms with E-state index in [1.54, 1.807) is 16.8 Å². The Morgan fingerprint density at radius 2 is 1.37 bits per heavy atom. The molecule has 2 fully saturated rings. The van der Waals surface area contributed by atoms with Crippen molar-refractivity contribution in [1.82, 2.24) is 25.3 Å². The highest BCUT2D eigenvalue weighted by atomic mass is 16.2. The van der Waals surface area contributed by atoms with Gasteiger partial charge in [0.25, 0.3) is 0 Å². The SMILES string of the molecule is CC(C)C(N)C(=O)N[C@H](C(=O)N(C)[C@H](C(=O)N1CCC[C@H]1C(=O)N1CCC[C@H]1C(=O)NC(C)(C)C)C(C)C)C(C)C. The molecule has 0 bridgehead atoms. The molecule has 0 saturated carbocycles. The second-order valence-corrected chi connectivity index (χ2v) is 13.8. The summed E-state index contributed by atoms with van der Waals surface area (Å²) in [4.78, 5) is 71.9. The van der Waals surface area contributed by atoms with Gasteiger partial charge in [-0.25, -0.2) is 0 Å². The minimum atomic E-state index is -0.853. The topological polar surface area (TPSA) is 145 Å². The fraction of sp³-hybridized carbons (Fsp3) is 0.833. The zero-order chi connectivity index (χ0) is 31.4. The maximum Gasteiger partial charge on any atom is 0.246 e. The Kier molecular flexibility index (Phi) is 11.8. The molecule has 11 heteroatoms. The molecule has 11 nitrogen and oxygen atoms in total. The number of hydrogen-bond acceptors (Lipinski definition) is 6. The lowest BCUT2D eigenvalue weighted by Gasteiger charge is -2.38. The number of nitrogens with two attached hydrogens (primary N) is 1. The van der Waals surface area contributed by atoms with Gasteiger partial charge in [-0.15, -0.1) is 0 Å². The number of rotatable bonds is 10. The molecule has 234 valence electrons. The van der Waals surface area contributed by atoms with E-state index in [9.17, 15) is 24.0 Å². The first-order chi connectivity index (χ1) is 18.9. The van der Waals surface area contributed by atoms with Gasteiger partial charge in [-0.05, 0) is 64.2 Å². The molecule has 2 saturated heterocycles. The summed E-state index contributed by atoms with van der Waals surface area (Å²) in [5.41, 5.74) is 5.60. The van der Waals surface area contributed by atoms with Crippen molar-refractivity contribution in [2.75, 3.05) is 20.1 Å². The lowest BCUT2D eigenvalue weighted by molar-refractivity contribution is -0.153. The Hall–Kier alpha value is -2.69. The predicted molar refractivity (Wildman–Crippen MR) is 158 cm³/mol. The van der Waals surface area contributed by atoms with Crippen LogP contribution in [0.3, 0.4) is 0 Å². The van der Waals surface area contributed by atoms with Crippen molar-refractivity contribution in [1.29, 1.82) is 0 Å². The molecule has 4 N–H and O–H groups in total. The van der Waals surface area contributed by atoms with E-state index in [0.717, 1.165) is 6.42 Å². The molecule has 2 rings (SSSR count). The zero-order valence-corrected chi connectivity index (χ0v) is 26.8. The quantitative estimate of drug-likeness (QED) is 0.358. The monoisotopic (exact) mass is 578 g/mol. The first-order valence-electron chi connectivity index (χ1n) is 15.1. The van der Waals surface area contributed by atoms with Crippen LogP contribution in [-0.4, -0.2) is 100 Å². The van der Waals surface area contributed by atoms with E-state index in [1.807, 2.05) is 62.3 Å². The molecule has 2 heterocycles. The first-order valence-corrected chi connectivity index (χ1v) is 15.1. The molecule has 2 aliphatic rings. The predicted octanol–water partition coefficient (Wildman–Crippen LogP) is 1.49. The highest BCUT2D eigenvalue weighted by Gasteiger charge is 2.45. The lowest BCUT2D eigenvalue weighted by Crippen LogP contribution is -2.61. The number of nitrogens with zero attached hydrogens (tertiary/aromatic N) is 3. The fourth-order valence-electron chi connectivity index (χ4n) is 5.72. The summed E-state index contributed by atoms with van der Waals surface area (Å²) in [6, 6.07) is -3.68. The molecule has 0 aromatic rings. The Bertz CT molecular complexity index is 975. The summed E-state index contributed by atoms with van der Waals surface area (Å²) >= 11 is 0. The summed E-state index contributed by atoms with van der Waals surface area (Å²) in [6.07, 6.45) is 2.48. The molecule has 0 radical (unpaired) electrons. The number of likely N-dealkylation sites (tertiary alicyclic amines) is 2. The minimum Gasteiger partial charge on any atom is -0.350 e. The Balaban J connectivity index is 2.25. The van der Waals surface area contributed by atoms with Gasteiger partial charge in [0.05, 0.1) is 6.04 Å². The standard InChI is InChI=1S/C30H54N6O5/c1-17(2)22(31)26(38)32-23(18(3)4)28(40)34(10)24(19(5)6)29(41)36-16-12-14-21(36)27(39)35-15-11-13-20(35)25(37)33-30(7,8)9/h17-24H,11-16,31H2,1-10H3,(H,32,38)(H,33,37)/t20-,21-,22?,23-,24-/m0/s1. The summed E-state index contributed by atoms with van der Waals surface area (Å²) in [5.74, 6) is -2.05. The number of carbonyl (C=O) groups excluding carboxylic acids is 5. The van der Waals surface area contributed by atoms with E-state index < -0.39 is 41.7 Å². The third-order valence-corrected chi connectivity index (χ3v) is 8.06. The normalized spacial score (nSPS) is 21.7. The van der Waals surface area contributed by atoms with Crippen molar-refractivity contribution >= 4 is 29.5 Å². The van der Waals surface area contributed by atoms with Crippen LogP contribution in [0.5, 0.6) is 0 Å². The van der Waals surface area contributed by atoms with Gasteiger partial charge in [-0.2, -0.15) is 0 Å². The summed E-state index contributed by atoms with van der Waals surface area (Å²) < 4.78 is 0. The van der Waals surface area contributed by atoms with E-state index in [1.165, 1.54) is 4.90 Å². The molecular formula is C30H54N6O5. The van der Waals surface area contributed by atoms with Crippen molar-refractivity contribution in [3.8, 4) is 0 Å². The van der Waals surface area contributed by atoms with Gasteiger partial charge in [0.15, 0.2) is 0 Å². The van der Waals surface area contributed by atoms with Crippen molar-refractivity contribution < 1.29 is 24.0 Å². The van der Waals surface area contributed by atoms with E-state index in [4.69, 9.17) is 5.73 Å². The third-order valence-electron chi connectivity index (χ3n) is 8.06. The van der Waals surface area contributed by atoms with Crippen LogP contribution in [0.2, 0.25) is 0 Å². The van der Waals surface area contributed by atoms with Gasteiger partial charge in [0.2, 0.25) is 29.5 Å². The van der Waals surface area contributed by atoms with Crippen LogP contribution in [-0.2, 0) is 24.0 Å². The molecular weight excluding hydrogens is 524 g/mol. The molecule has 41 heavy (non-hydrogen) atoms. The lowest BCUT2D eigenvalue weighted by atomic mass is 9.96. The Morgan fingerprint density at radius 1 is 0.829 bits per heavy atom. The summed E-state index contributed by atoms with van der Waals surface area (Å²) in [6.45, 7) is 17.7. The molecule has 0 aromatic carbocycles. The van der Waals surface area contributed by atoms with Gasteiger partial charge in [-0.3, -0.25) is 24.0 Å². The Morgan fingerprint density at radius 3 is 1.85 bits per heavy atom. The van der Waals surface area contributed by atoms with Gasteiger partial charge < -0.3 is 31.1 Å². The first kappa shape index (κ1) is 34.5. The van der Waals surface area contributed by atoms with Crippen LogP contribution in [0.1, 0.15) is 88.0 Å². The van der Waals surface area contributed by atoms with Crippen molar-refractivity contribution in [3.63, 3.8) is 0 Å². The van der Waals surface area contributed by atoms with Crippen molar-refractivity contribution in [3.05, 3.63) is 0 Å². The van der Waals surface area contributed by atoms with Crippen LogP contribution in [0.15, 0.2) is 0 Å². The van der Waals surface area contributed by atoms with E-state index in [-0.39, 0.29) is 41.4 Å². The van der Waals surface area contributed by atoms with Gasteiger partial charge in [0.1, 0.15) is 24.2 Å². The van der Waals surface area contributed by atoms with Crippen LogP contribution < -0.4 is 16.4 Å². The zero-order valence-electron chi connectivity index (χ0n) is 26.8. The highest BCUT2D eigenvalue weighted by Crippen LogP contribution is 2.28. The second-order valence-electron chi connectivity index (χ2n) is 13.8. The molecule has 0 aliphatic carbocycles. The molecule has 1 unspecified atom stereocenters. The number of amides is 5. The summed E-state index contributed by atoms with van der Waals surface area (Å²) in [5, 5.41) is 5.78. The van der Waals surface area contributed by atoms with Crippen LogP contribution in [0, 0.1) is 17.8 Å². The number of hydrogen-bond donors (Lipinski definition) is 3. The van der Waals surface area contributed by atoms with Crippen LogP contribution in [0.4, 0.5) is 0 Å². The maximum absolute atomic E-state index is 14.1. The average Bonchev–Trinajstić information content (AvgIpc) is 3.54. The molecule has 5 amide bonds. The fourth-order valence-corrected chi connectivity index (χ4v) is 5.72. The third kappa shape index (κ3) is 8.42. The highest BCUT2D eigenvalue weighted by molar-refractivity contribution is 5.96. The van der Waals surface area contributed by atoms with Crippen LogP contribution >= 0.6 is 0 Å². The van der Waals surface area contributed by atoms with Crippen LogP contribution in [0.25, 0.3) is 0 Å². The van der Waals surface area contributed by atoms with E-state index in [2.05, 4.69) is 10.6 Å². The van der Waals surface area contributed by atoms with Gasteiger partial charge in [0, 0.05) is 25.7 Å². The van der Waals surface area contributed by atoms with Gasteiger partial charge >= 0.3 is 0 Å². The maximum atomic E-state index is 14.1. The van der Waals surface area contributed by atoms with E-state index in [0.29, 0.717) is 32.4 Å². The van der Waals surface area contributed by atoms with Gasteiger partial charge in [-0.1, -0.05) is 41.5 Å². The molecule has 0 spiro atoms. The molecule has 0 aromatic heterocycles. The minimum absolute atomic E-state index is 0.0972. The average molecular weight is 579 g/mol. The molecule has 5 atom stereocenters.